The van der Waals surface area contributed by atoms with E-state index in [4.69, 9.17) is 0 Å². The number of hydrogen-bond acceptors (Lipinski definition) is 4. The van der Waals surface area contributed by atoms with Gasteiger partial charge in [-0.25, -0.2) is 4.98 Å². The predicted octanol–water partition coefficient (Wildman–Crippen LogP) is 3.82. The number of alkyl halides is 3. The number of carbonyl (C=O) groups is 1. The van der Waals surface area contributed by atoms with Gasteiger partial charge in [0.2, 0.25) is 11.1 Å². The van der Waals surface area contributed by atoms with Crippen molar-refractivity contribution in [1.29, 1.82) is 0 Å². The fourth-order valence-corrected chi connectivity index (χ4v) is 2.87. The van der Waals surface area contributed by atoms with Crippen LogP contribution in [0.1, 0.15) is 37.1 Å². The quantitative estimate of drug-likeness (QED) is 0.799. The molecule has 1 fully saturated rings. The molecular weight excluding hydrogens is 341 g/mol. The van der Waals surface area contributed by atoms with Gasteiger partial charge in [0.05, 0.1) is 16.5 Å². The Morgan fingerprint density at radius 1 is 1.38 bits per heavy atom. The molecule has 0 aliphatic heterocycles. The van der Waals surface area contributed by atoms with E-state index >= 15 is 0 Å². The van der Waals surface area contributed by atoms with Crippen LogP contribution in [0.4, 0.5) is 18.9 Å². The summed E-state index contributed by atoms with van der Waals surface area (Å²) in [6.07, 6.45) is -2.38. The highest BCUT2D eigenvalue weighted by Gasteiger charge is 2.34. The van der Waals surface area contributed by atoms with Gasteiger partial charge in [0.25, 0.3) is 0 Å². The summed E-state index contributed by atoms with van der Waals surface area (Å²) in [5, 5.41) is 8.98. The van der Waals surface area contributed by atoms with Crippen LogP contribution in [0.5, 0.6) is 0 Å². The molecule has 2 N–H and O–H groups in total. The van der Waals surface area contributed by atoms with Crippen LogP contribution in [0.25, 0.3) is 0 Å². The molecule has 1 heterocycles. The lowest BCUT2D eigenvalue weighted by Crippen LogP contribution is -2.24. The van der Waals surface area contributed by atoms with Crippen LogP contribution < -0.4 is 5.32 Å². The van der Waals surface area contributed by atoms with Gasteiger partial charge in [0.1, 0.15) is 5.82 Å². The van der Waals surface area contributed by atoms with Crippen LogP contribution in [-0.2, 0) is 11.0 Å². The molecule has 1 amide bonds. The molecule has 0 radical (unpaired) electrons. The molecule has 3 rings (SSSR count). The molecule has 0 bridgehead atoms. The minimum absolute atomic E-state index is 0.254. The Hall–Kier alpha value is -2.03. The Morgan fingerprint density at radius 3 is 2.75 bits per heavy atom. The van der Waals surface area contributed by atoms with Crippen molar-refractivity contribution in [2.45, 2.75) is 42.3 Å². The molecule has 1 unspecified atom stereocenters. The van der Waals surface area contributed by atoms with Gasteiger partial charge < -0.3 is 5.32 Å². The summed E-state index contributed by atoms with van der Waals surface area (Å²) in [4.78, 5) is 16.5. The number of rotatable bonds is 5. The number of aromatic amines is 1. The van der Waals surface area contributed by atoms with Gasteiger partial charge in [0, 0.05) is 5.92 Å². The number of halogens is 3. The second-order valence-corrected chi connectivity index (χ2v) is 6.88. The third kappa shape index (κ3) is 3.89. The number of para-hydroxylation sites is 1. The monoisotopic (exact) mass is 356 g/mol. The number of nitrogens with zero attached hydrogens (tertiary/aromatic N) is 2. The van der Waals surface area contributed by atoms with E-state index in [0.29, 0.717) is 11.1 Å². The molecule has 1 aliphatic carbocycles. The highest BCUT2D eigenvalue weighted by Crippen LogP contribution is 2.38. The molecule has 5 nitrogen and oxygen atoms in total. The SMILES string of the molecule is CC(Sc1n[nH]c(C2CC2)n1)C(=O)Nc1ccccc1C(F)(F)F. The Bertz CT molecular complexity index is 742. The van der Waals surface area contributed by atoms with E-state index in [1.807, 2.05) is 0 Å². The molecule has 9 heteroatoms. The average Bonchev–Trinajstić information content (AvgIpc) is 3.27. The zero-order valence-electron chi connectivity index (χ0n) is 12.7. The highest BCUT2D eigenvalue weighted by atomic mass is 32.2. The smallest absolute Gasteiger partial charge is 0.325 e. The van der Waals surface area contributed by atoms with Crippen LogP contribution in [0.2, 0.25) is 0 Å². The summed E-state index contributed by atoms with van der Waals surface area (Å²) >= 11 is 1.10. The maximum absolute atomic E-state index is 13.0. The van der Waals surface area contributed by atoms with Gasteiger partial charge in [0.15, 0.2) is 0 Å². The second-order valence-electron chi connectivity index (χ2n) is 5.57. The highest BCUT2D eigenvalue weighted by molar-refractivity contribution is 8.00. The molecule has 1 atom stereocenters. The van der Waals surface area contributed by atoms with E-state index in [9.17, 15) is 18.0 Å². The molecule has 1 saturated carbocycles. The van der Waals surface area contributed by atoms with Crippen LogP contribution in [0.3, 0.4) is 0 Å². The van der Waals surface area contributed by atoms with Crippen molar-refractivity contribution in [2.75, 3.05) is 5.32 Å². The number of nitrogens with one attached hydrogen (secondary N) is 2. The van der Waals surface area contributed by atoms with Crippen molar-refractivity contribution < 1.29 is 18.0 Å². The lowest BCUT2D eigenvalue weighted by atomic mass is 10.1. The van der Waals surface area contributed by atoms with Crippen molar-refractivity contribution in [2.24, 2.45) is 0 Å². The standard InChI is InChI=1S/C15H15F3N4OS/c1-8(24-14-20-12(21-22-14)9-6-7-9)13(23)19-11-5-3-2-4-10(11)15(16,17)18/h2-5,8-9H,6-7H2,1H3,(H,19,23)(H,20,21,22). The first kappa shape index (κ1) is 16.8. The first-order valence-corrected chi connectivity index (χ1v) is 8.28. The number of aromatic nitrogens is 3. The van der Waals surface area contributed by atoms with E-state index in [2.05, 4.69) is 20.5 Å². The molecule has 2 aromatic rings. The van der Waals surface area contributed by atoms with E-state index in [1.54, 1.807) is 6.92 Å². The molecule has 1 aromatic heterocycles. The maximum atomic E-state index is 13.0. The van der Waals surface area contributed by atoms with Gasteiger partial charge >= 0.3 is 6.18 Å². The number of thioether (sulfide) groups is 1. The number of hydrogen-bond donors (Lipinski definition) is 2. The van der Waals surface area contributed by atoms with E-state index < -0.39 is 22.9 Å². The van der Waals surface area contributed by atoms with Crippen molar-refractivity contribution >= 4 is 23.4 Å². The Kier molecular flexibility index (Phi) is 4.53. The fourth-order valence-electron chi connectivity index (χ4n) is 2.14. The van der Waals surface area contributed by atoms with Crippen LogP contribution in [0.15, 0.2) is 29.4 Å². The Labute approximate surface area is 140 Å². The zero-order valence-corrected chi connectivity index (χ0v) is 13.5. The molecular formula is C15H15F3N4OS. The summed E-state index contributed by atoms with van der Waals surface area (Å²) in [6, 6.07) is 4.89. The fraction of sp³-hybridized carbons (Fsp3) is 0.400. The van der Waals surface area contributed by atoms with Crippen molar-refractivity contribution in [3.05, 3.63) is 35.7 Å². The summed E-state index contributed by atoms with van der Waals surface area (Å²) in [6.45, 7) is 1.60. The van der Waals surface area contributed by atoms with E-state index in [1.165, 1.54) is 18.2 Å². The third-order valence-corrected chi connectivity index (χ3v) is 4.55. The average molecular weight is 356 g/mol. The van der Waals surface area contributed by atoms with Crippen LogP contribution in [-0.4, -0.2) is 26.3 Å². The molecule has 1 aliphatic rings. The third-order valence-electron chi connectivity index (χ3n) is 3.59. The van der Waals surface area contributed by atoms with Gasteiger partial charge in [-0.2, -0.15) is 13.2 Å². The lowest BCUT2D eigenvalue weighted by Gasteiger charge is -2.15. The van der Waals surface area contributed by atoms with Crippen LogP contribution in [0, 0.1) is 0 Å². The predicted molar refractivity (Wildman–Crippen MR) is 83.8 cm³/mol. The molecule has 0 spiro atoms. The Balaban J connectivity index is 1.65. The first-order valence-electron chi connectivity index (χ1n) is 7.40. The summed E-state index contributed by atoms with van der Waals surface area (Å²) in [7, 11) is 0. The minimum atomic E-state index is -4.52. The number of anilines is 1. The number of benzene rings is 1. The first-order chi connectivity index (χ1) is 11.3. The normalized spacial score (nSPS) is 16.0. The number of amides is 1. The maximum Gasteiger partial charge on any atom is 0.418 e. The van der Waals surface area contributed by atoms with Crippen LogP contribution >= 0.6 is 11.8 Å². The van der Waals surface area contributed by atoms with Crippen molar-refractivity contribution in [3.63, 3.8) is 0 Å². The summed E-state index contributed by atoms with van der Waals surface area (Å²) in [5.74, 6) is 0.677. The number of H-pyrrole nitrogens is 1. The van der Waals surface area contributed by atoms with Gasteiger partial charge in [-0.15, -0.1) is 5.10 Å². The largest absolute Gasteiger partial charge is 0.418 e. The Morgan fingerprint density at radius 2 is 2.08 bits per heavy atom. The van der Waals surface area contributed by atoms with E-state index in [-0.39, 0.29) is 5.69 Å². The van der Waals surface area contributed by atoms with Gasteiger partial charge in [-0.1, -0.05) is 23.9 Å². The molecule has 0 saturated heterocycles. The molecule has 128 valence electrons. The minimum Gasteiger partial charge on any atom is -0.325 e. The van der Waals surface area contributed by atoms with Crippen molar-refractivity contribution in [3.8, 4) is 0 Å². The second kappa shape index (κ2) is 6.46. The molecule has 24 heavy (non-hydrogen) atoms. The number of carbonyl (C=O) groups excluding carboxylic acids is 1. The summed E-state index contributed by atoms with van der Waals surface area (Å²) < 4.78 is 38.9. The molecule has 1 aromatic carbocycles. The summed E-state index contributed by atoms with van der Waals surface area (Å²) in [5.41, 5.74) is -1.12. The van der Waals surface area contributed by atoms with E-state index in [0.717, 1.165) is 36.5 Å². The van der Waals surface area contributed by atoms with Crippen molar-refractivity contribution in [1.82, 2.24) is 15.2 Å². The van der Waals surface area contributed by atoms with Gasteiger partial charge in [-0.05, 0) is 31.9 Å². The zero-order chi connectivity index (χ0) is 17.3. The lowest BCUT2D eigenvalue weighted by molar-refractivity contribution is -0.137. The topological polar surface area (TPSA) is 70.7 Å². The van der Waals surface area contributed by atoms with Gasteiger partial charge in [-0.3, -0.25) is 9.89 Å².